The van der Waals surface area contributed by atoms with E-state index in [1.54, 1.807) is 7.05 Å². The van der Waals surface area contributed by atoms with Gasteiger partial charge in [-0.3, -0.25) is 0 Å². The Balaban J connectivity index is 3.24. The van der Waals surface area contributed by atoms with Gasteiger partial charge in [-0.25, -0.2) is 21.5 Å². The van der Waals surface area contributed by atoms with Crippen molar-refractivity contribution in [1.82, 2.24) is 9.62 Å². The lowest BCUT2D eigenvalue weighted by Crippen LogP contribution is -2.32. The zero-order chi connectivity index (χ0) is 16.2. The van der Waals surface area contributed by atoms with Crippen molar-refractivity contribution in [2.75, 3.05) is 20.6 Å². The van der Waals surface area contributed by atoms with Gasteiger partial charge in [0.15, 0.2) is 11.6 Å². The molecule has 21 heavy (non-hydrogen) atoms. The van der Waals surface area contributed by atoms with E-state index in [1.165, 1.54) is 13.1 Å². The topological polar surface area (TPSA) is 49.4 Å². The number of nitrogens with zero attached hydrogens (tertiary/aromatic N) is 1. The van der Waals surface area contributed by atoms with Gasteiger partial charge >= 0.3 is 0 Å². The minimum Gasteiger partial charge on any atom is -0.316 e. The van der Waals surface area contributed by atoms with Gasteiger partial charge < -0.3 is 5.32 Å². The lowest BCUT2D eigenvalue weighted by atomic mass is 10.1. The van der Waals surface area contributed by atoms with Crippen LogP contribution in [0.15, 0.2) is 17.0 Å². The van der Waals surface area contributed by atoms with Gasteiger partial charge in [-0.1, -0.05) is 20.3 Å². The van der Waals surface area contributed by atoms with E-state index >= 15 is 0 Å². The summed E-state index contributed by atoms with van der Waals surface area (Å²) in [5, 5.41) is 2.78. The first-order valence-electron chi connectivity index (χ1n) is 6.82. The highest BCUT2D eigenvalue weighted by Crippen LogP contribution is 2.23. The molecule has 0 aliphatic heterocycles. The van der Waals surface area contributed by atoms with Crippen LogP contribution < -0.4 is 5.32 Å². The van der Waals surface area contributed by atoms with Crippen molar-refractivity contribution in [3.63, 3.8) is 0 Å². The molecule has 0 heterocycles. The number of rotatable bonds is 7. The van der Waals surface area contributed by atoms with Crippen LogP contribution in [0.1, 0.15) is 25.8 Å². The second kappa shape index (κ2) is 7.29. The molecule has 0 saturated carbocycles. The summed E-state index contributed by atoms with van der Waals surface area (Å²) in [5.41, 5.74) is 0.381. The summed E-state index contributed by atoms with van der Waals surface area (Å²) in [5.74, 6) is -2.35. The normalized spacial score (nSPS) is 13.7. The first-order chi connectivity index (χ1) is 9.73. The number of hydrogen-bond donors (Lipinski definition) is 1. The molecule has 0 spiro atoms. The predicted octanol–water partition coefficient (Wildman–Crippen LogP) is 2.35. The van der Waals surface area contributed by atoms with Crippen LogP contribution in [-0.2, 0) is 16.6 Å². The molecular formula is C14H22F2N2O2S. The molecule has 0 amide bonds. The molecule has 4 nitrogen and oxygen atoms in total. The number of nitrogens with one attached hydrogen (secondary N) is 1. The summed E-state index contributed by atoms with van der Waals surface area (Å²) in [7, 11) is -1.03. The Bertz CT molecular complexity index is 591. The van der Waals surface area contributed by atoms with Gasteiger partial charge in [0, 0.05) is 20.1 Å². The zero-order valence-corrected chi connectivity index (χ0v) is 13.6. The molecule has 0 aliphatic carbocycles. The molecule has 1 aromatic carbocycles. The summed E-state index contributed by atoms with van der Waals surface area (Å²) in [6, 6.07) is 2.18. The molecule has 0 saturated heterocycles. The molecule has 1 atom stereocenters. The van der Waals surface area contributed by atoms with Crippen molar-refractivity contribution in [3.8, 4) is 0 Å². The molecule has 0 aromatic heterocycles. The van der Waals surface area contributed by atoms with Crippen molar-refractivity contribution in [3.05, 3.63) is 29.3 Å². The highest BCUT2D eigenvalue weighted by molar-refractivity contribution is 7.89. The lowest BCUT2D eigenvalue weighted by Gasteiger charge is -2.21. The van der Waals surface area contributed by atoms with Gasteiger partial charge in [-0.2, -0.15) is 0 Å². The lowest BCUT2D eigenvalue weighted by molar-refractivity contribution is 0.389. The van der Waals surface area contributed by atoms with E-state index in [0.717, 1.165) is 16.8 Å². The van der Waals surface area contributed by atoms with Gasteiger partial charge in [-0.15, -0.1) is 0 Å². The van der Waals surface area contributed by atoms with Crippen LogP contribution in [0.5, 0.6) is 0 Å². The molecule has 0 aliphatic rings. The van der Waals surface area contributed by atoms with Gasteiger partial charge in [0.1, 0.15) is 4.90 Å². The Labute approximate surface area is 125 Å². The maximum absolute atomic E-state index is 13.9. The average Bonchev–Trinajstić information content (AvgIpc) is 2.42. The second-order valence-electron chi connectivity index (χ2n) is 5.22. The standard InChI is InChI=1S/C14H22F2N2O2S/c1-5-10(2)9-18(4)21(19,20)13-7-11(8-17-3)6-12(15)14(13)16/h6-7,10,17H,5,8-9H2,1-4H3. The van der Waals surface area contributed by atoms with E-state index in [9.17, 15) is 17.2 Å². The third-order valence-corrected chi connectivity index (χ3v) is 5.21. The fourth-order valence-electron chi connectivity index (χ4n) is 1.95. The van der Waals surface area contributed by atoms with Crippen LogP contribution in [0, 0.1) is 17.6 Å². The summed E-state index contributed by atoms with van der Waals surface area (Å²) >= 11 is 0. The van der Waals surface area contributed by atoms with Crippen molar-refractivity contribution in [2.45, 2.75) is 31.7 Å². The smallest absolute Gasteiger partial charge is 0.245 e. The predicted molar refractivity (Wildman–Crippen MR) is 78.4 cm³/mol. The van der Waals surface area contributed by atoms with E-state index < -0.39 is 26.6 Å². The molecule has 120 valence electrons. The van der Waals surface area contributed by atoms with Gasteiger partial charge in [0.05, 0.1) is 0 Å². The Morgan fingerprint density at radius 1 is 1.33 bits per heavy atom. The summed E-state index contributed by atoms with van der Waals surface area (Å²) in [6.07, 6.45) is 0.802. The Morgan fingerprint density at radius 2 is 1.95 bits per heavy atom. The van der Waals surface area contributed by atoms with E-state index in [4.69, 9.17) is 0 Å². The van der Waals surface area contributed by atoms with Crippen LogP contribution in [0.2, 0.25) is 0 Å². The largest absolute Gasteiger partial charge is 0.316 e. The molecule has 0 bridgehead atoms. The number of halogens is 2. The fraction of sp³-hybridized carbons (Fsp3) is 0.571. The molecule has 0 fully saturated rings. The molecule has 7 heteroatoms. The van der Waals surface area contributed by atoms with Crippen molar-refractivity contribution >= 4 is 10.0 Å². The summed E-state index contributed by atoms with van der Waals surface area (Å²) in [4.78, 5) is -0.612. The highest BCUT2D eigenvalue weighted by atomic mass is 32.2. The zero-order valence-electron chi connectivity index (χ0n) is 12.8. The first-order valence-corrected chi connectivity index (χ1v) is 8.26. The average molecular weight is 320 g/mol. The van der Waals surface area contributed by atoms with Crippen LogP contribution >= 0.6 is 0 Å². The quantitative estimate of drug-likeness (QED) is 0.839. The van der Waals surface area contributed by atoms with E-state index in [0.29, 0.717) is 5.56 Å². The maximum Gasteiger partial charge on any atom is 0.245 e. The first kappa shape index (κ1) is 18.0. The van der Waals surface area contributed by atoms with Crippen molar-refractivity contribution < 1.29 is 17.2 Å². The van der Waals surface area contributed by atoms with E-state index in [2.05, 4.69) is 5.32 Å². The van der Waals surface area contributed by atoms with Crippen LogP contribution in [0.3, 0.4) is 0 Å². The molecule has 1 unspecified atom stereocenters. The second-order valence-corrected chi connectivity index (χ2v) is 7.23. The number of sulfonamides is 1. The Kier molecular flexibility index (Phi) is 6.24. The van der Waals surface area contributed by atoms with E-state index in [-0.39, 0.29) is 19.0 Å². The third kappa shape index (κ3) is 4.21. The molecule has 1 N–H and O–H groups in total. The Hall–Kier alpha value is -1.05. The van der Waals surface area contributed by atoms with Gasteiger partial charge in [0.25, 0.3) is 0 Å². The number of benzene rings is 1. The van der Waals surface area contributed by atoms with Gasteiger partial charge in [0.2, 0.25) is 10.0 Å². The number of hydrogen-bond acceptors (Lipinski definition) is 3. The monoisotopic (exact) mass is 320 g/mol. The van der Waals surface area contributed by atoms with Crippen LogP contribution in [0.25, 0.3) is 0 Å². The maximum atomic E-state index is 13.9. The highest BCUT2D eigenvalue weighted by Gasteiger charge is 2.27. The van der Waals surface area contributed by atoms with Gasteiger partial charge in [-0.05, 0) is 30.7 Å². The molecule has 1 rings (SSSR count). The van der Waals surface area contributed by atoms with Crippen LogP contribution in [-0.4, -0.2) is 33.4 Å². The molecular weight excluding hydrogens is 298 g/mol. The summed E-state index contributed by atoms with van der Waals surface area (Å²) in [6.45, 7) is 4.37. The molecule has 1 aromatic rings. The summed E-state index contributed by atoms with van der Waals surface area (Å²) < 4.78 is 53.4. The Morgan fingerprint density at radius 3 is 2.48 bits per heavy atom. The minimum absolute atomic E-state index is 0.137. The minimum atomic E-state index is -4.05. The van der Waals surface area contributed by atoms with Crippen molar-refractivity contribution in [1.29, 1.82) is 0 Å². The van der Waals surface area contributed by atoms with Crippen molar-refractivity contribution in [2.24, 2.45) is 5.92 Å². The SMILES string of the molecule is CCC(C)CN(C)S(=O)(=O)c1cc(CNC)cc(F)c1F. The van der Waals surface area contributed by atoms with Crippen LogP contribution in [0.4, 0.5) is 8.78 Å². The molecule has 0 radical (unpaired) electrons. The van der Waals surface area contributed by atoms with E-state index in [1.807, 2.05) is 13.8 Å². The third-order valence-electron chi connectivity index (χ3n) is 3.39. The fourth-order valence-corrected chi connectivity index (χ4v) is 3.36.